The van der Waals surface area contributed by atoms with Gasteiger partial charge in [0.25, 0.3) is 0 Å². The van der Waals surface area contributed by atoms with Gasteiger partial charge in [-0.2, -0.15) is 0 Å². The van der Waals surface area contributed by atoms with Crippen LogP contribution in [0.3, 0.4) is 0 Å². The monoisotopic (exact) mass is 197 g/mol. The van der Waals surface area contributed by atoms with Crippen molar-refractivity contribution in [2.75, 3.05) is 14.2 Å². The van der Waals surface area contributed by atoms with Crippen LogP contribution in [0.1, 0.15) is 32.1 Å². The summed E-state index contributed by atoms with van der Waals surface area (Å²) in [5, 5.41) is 3.16. The fourth-order valence-electron chi connectivity index (χ4n) is 3.02. The van der Waals surface area contributed by atoms with Gasteiger partial charge in [0.05, 0.1) is 7.11 Å². The molecule has 2 rings (SSSR count). The molecule has 2 fully saturated rings. The zero-order chi connectivity index (χ0) is 10.2. The highest BCUT2D eigenvalue weighted by Crippen LogP contribution is 2.53. The molecule has 1 N–H and O–H groups in total. The molecule has 0 aromatic heterocycles. The highest BCUT2D eigenvalue weighted by Gasteiger charge is 2.62. The minimum Gasteiger partial charge on any atom is -0.468 e. The summed E-state index contributed by atoms with van der Waals surface area (Å²) in [6.07, 6.45) is 6.24. The van der Waals surface area contributed by atoms with Crippen LogP contribution in [0.15, 0.2) is 0 Å². The van der Waals surface area contributed by atoms with E-state index >= 15 is 0 Å². The summed E-state index contributed by atoms with van der Waals surface area (Å²) in [5.74, 6) is 1.21. The molecule has 2 atom stereocenters. The molecule has 3 nitrogen and oxygen atoms in total. The maximum Gasteiger partial charge on any atom is 0.326 e. The molecule has 0 bridgehead atoms. The van der Waals surface area contributed by atoms with Crippen molar-refractivity contribution in [2.45, 2.75) is 37.6 Å². The van der Waals surface area contributed by atoms with Crippen LogP contribution in [0.25, 0.3) is 0 Å². The molecule has 0 aromatic rings. The fourth-order valence-corrected chi connectivity index (χ4v) is 3.02. The Kier molecular flexibility index (Phi) is 2.52. The predicted molar refractivity (Wildman–Crippen MR) is 53.9 cm³/mol. The molecule has 0 saturated heterocycles. The number of hydrogen-bond acceptors (Lipinski definition) is 3. The largest absolute Gasteiger partial charge is 0.468 e. The summed E-state index contributed by atoms with van der Waals surface area (Å²) in [7, 11) is 3.34. The number of nitrogens with one attached hydrogen (secondary N) is 1. The Hall–Kier alpha value is -0.570. The van der Waals surface area contributed by atoms with Crippen molar-refractivity contribution >= 4 is 5.97 Å². The molecule has 14 heavy (non-hydrogen) atoms. The molecule has 2 saturated carbocycles. The van der Waals surface area contributed by atoms with Gasteiger partial charge < -0.3 is 10.1 Å². The highest BCUT2D eigenvalue weighted by atomic mass is 16.5. The van der Waals surface area contributed by atoms with Gasteiger partial charge in [0.2, 0.25) is 0 Å². The molecule has 0 spiro atoms. The Bertz CT molecular complexity index is 235. The standard InChI is InChI=1S/C11H19NO2/c1-12-11(10(13)14-2)7-9(11)8-5-3-4-6-8/h8-9,12H,3-7H2,1-2H3. The minimum atomic E-state index is -0.330. The molecule has 0 amide bonds. The third kappa shape index (κ3) is 1.34. The lowest BCUT2D eigenvalue weighted by Crippen LogP contribution is -2.40. The van der Waals surface area contributed by atoms with Gasteiger partial charge in [-0.3, -0.25) is 4.79 Å². The molecule has 80 valence electrons. The molecule has 0 aliphatic heterocycles. The van der Waals surface area contributed by atoms with Crippen LogP contribution in [-0.2, 0) is 9.53 Å². The van der Waals surface area contributed by atoms with Crippen LogP contribution < -0.4 is 5.32 Å². The summed E-state index contributed by atoms with van der Waals surface area (Å²) in [6, 6.07) is 0. The Morgan fingerprint density at radius 2 is 2.07 bits per heavy atom. The van der Waals surface area contributed by atoms with Gasteiger partial charge in [-0.15, -0.1) is 0 Å². The van der Waals surface area contributed by atoms with Gasteiger partial charge in [0, 0.05) is 0 Å². The van der Waals surface area contributed by atoms with E-state index in [1.807, 2.05) is 7.05 Å². The molecular weight excluding hydrogens is 178 g/mol. The summed E-state index contributed by atoms with van der Waals surface area (Å²) >= 11 is 0. The van der Waals surface area contributed by atoms with Crippen LogP contribution in [0, 0.1) is 11.8 Å². The van der Waals surface area contributed by atoms with E-state index in [9.17, 15) is 4.79 Å². The van der Waals surface area contributed by atoms with Crippen molar-refractivity contribution in [1.29, 1.82) is 0 Å². The van der Waals surface area contributed by atoms with E-state index < -0.39 is 0 Å². The molecule has 2 aliphatic rings. The first kappa shape index (κ1) is 9.97. The van der Waals surface area contributed by atoms with Crippen molar-refractivity contribution in [3.05, 3.63) is 0 Å². The van der Waals surface area contributed by atoms with E-state index in [2.05, 4.69) is 5.32 Å². The number of rotatable bonds is 3. The number of carbonyl (C=O) groups is 1. The van der Waals surface area contributed by atoms with Crippen molar-refractivity contribution in [3.8, 4) is 0 Å². The van der Waals surface area contributed by atoms with Gasteiger partial charge >= 0.3 is 5.97 Å². The van der Waals surface area contributed by atoms with Crippen LogP contribution in [0.2, 0.25) is 0 Å². The predicted octanol–water partition coefficient (Wildman–Crippen LogP) is 1.33. The first-order valence-electron chi connectivity index (χ1n) is 5.52. The highest BCUT2D eigenvalue weighted by molar-refractivity contribution is 5.85. The maximum absolute atomic E-state index is 11.6. The van der Waals surface area contributed by atoms with Crippen LogP contribution in [-0.4, -0.2) is 25.7 Å². The molecule has 2 unspecified atom stereocenters. The lowest BCUT2D eigenvalue weighted by atomic mass is 9.98. The van der Waals surface area contributed by atoms with Crippen LogP contribution in [0.5, 0.6) is 0 Å². The lowest BCUT2D eigenvalue weighted by molar-refractivity contribution is -0.145. The first-order valence-corrected chi connectivity index (χ1v) is 5.52. The van der Waals surface area contributed by atoms with Gasteiger partial charge in [-0.05, 0) is 25.3 Å². The van der Waals surface area contributed by atoms with E-state index in [4.69, 9.17) is 4.74 Å². The summed E-state index contributed by atoms with van der Waals surface area (Å²) in [4.78, 5) is 11.6. The second kappa shape index (κ2) is 3.54. The molecule has 3 heteroatoms. The summed E-state index contributed by atoms with van der Waals surface area (Å²) in [5.41, 5.74) is -0.330. The Labute approximate surface area is 85.2 Å². The second-order valence-corrected chi connectivity index (χ2v) is 4.57. The van der Waals surface area contributed by atoms with E-state index in [1.54, 1.807) is 0 Å². The minimum absolute atomic E-state index is 0.0723. The fraction of sp³-hybridized carbons (Fsp3) is 0.909. The maximum atomic E-state index is 11.6. The van der Waals surface area contributed by atoms with Gasteiger partial charge in [0.1, 0.15) is 5.54 Å². The average Bonchev–Trinajstić information content (AvgIpc) is 2.72. The SMILES string of the molecule is CNC1(C(=O)OC)CC1C1CCCC1. The summed E-state index contributed by atoms with van der Waals surface area (Å²) < 4.78 is 4.86. The molecule has 2 aliphatic carbocycles. The van der Waals surface area contributed by atoms with Gasteiger partial charge in [-0.1, -0.05) is 25.7 Å². The Morgan fingerprint density at radius 1 is 1.43 bits per heavy atom. The molecule has 0 radical (unpaired) electrons. The third-order valence-electron chi connectivity index (χ3n) is 3.98. The second-order valence-electron chi connectivity index (χ2n) is 4.57. The summed E-state index contributed by atoms with van der Waals surface area (Å²) in [6.45, 7) is 0. The molecular formula is C11H19NO2. The van der Waals surface area contributed by atoms with E-state index in [1.165, 1.54) is 32.8 Å². The Balaban J connectivity index is 2.01. The van der Waals surface area contributed by atoms with Crippen molar-refractivity contribution in [2.24, 2.45) is 11.8 Å². The topological polar surface area (TPSA) is 38.3 Å². The van der Waals surface area contributed by atoms with Crippen molar-refractivity contribution in [1.82, 2.24) is 5.32 Å². The van der Waals surface area contributed by atoms with Crippen molar-refractivity contribution in [3.63, 3.8) is 0 Å². The normalized spacial score (nSPS) is 37.1. The first-order chi connectivity index (χ1) is 6.74. The smallest absolute Gasteiger partial charge is 0.326 e. The zero-order valence-electron chi connectivity index (χ0n) is 9.01. The number of esters is 1. The van der Waals surface area contributed by atoms with Gasteiger partial charge in [-0.25, -0.2) is 0 Å². The van der Waals surface area contributed by atoms with E-state index in [0.29, 0.717) is 5.92 Å². The van der Waals surface area contributed by atoms with E-state index in [-0.39, 0.29) is 11.5 Å². The number of likely N-dealkylation sites (N-methyl/N-ethyl adjacent to an activating group) is 1. The number of methoxy groups -OCH3 is 1. The molecule has 0 aromatic carbocycles. The number of hydrogen-bond donors (Lipinski definition) is 1. The van der Waals surface area contributed by atoms with E-state index in [0.717, 1.165) is 12.3 Å². The van der Waals surface area contributed by atoms with Crippen LogP contribution >= 0.6 is 0 Å². The number of ether oxygens (including phenoxy) is 1. The Morgan fingerprint density at radius 3 is 2.57 bits per heavy atom. The quantitative estimate of drug-likeness (QED) is 0.694. The third-order valence-corrected chi connectivity index (χ3v) is 3.98. The lowest BCUT2D eigenvalue weighted by Gasteiger charge is -2.16. The van der Waals surface area contributed by atoms with Crippen molar-refractivity contribution < 1.29 is 9.53 Å². The van der Waals surface area contributed by atoms with Gasteiger partial charge in [0.15, 0.2) is 0 Å². The zero-order valence-corrected chi connectivity index (χ0v) is 9.01. The number of carbonyl (C=O) groups excluding carboxylic acids is 1. The average molecular weight is 197 g/mol. The van der Waals surface area contributed by atoms with Crippen LogP contribution in [0.4, 0.5) is 0 Å². The molecule has 0 heterocycles.